The Hall–Kier alpha value is -1.91. The molecule has 118 valence electrons. The predicted molar refractivity (Wildman–Crippen MR) is 96.0 cm³/mol. The quantitative estimate of drug-likeness (QED) is 0.765. The molecule has 1 atom stereocenters. The number of allylic oxidation sites excluding steroid dienone is 1. The van der Waals surface area contributed by atoms with Crippen LogP contribution in [0.1, 0.15) is 24.1 Å². The van der Waals surface area contributed by atoms with Crippen LogP contribution in [-0.2, 0) is 4.74 Å². The van der Waals surface area contributed by atoms with Crippen LogP contribution in [-0.4, -0.2) is 22.8 Å². The number of halogens is 1. The number of aromatic nitrogens is 1. The third-order valence-electron chi connectivity index (χ3n) is 3.77. The standard InChI is InChI=1S/C19H18BrNO2/c20-16-7-9-19(22)15(13-16)12-14(18-5-1-2-10-21-18)6-8-17-4-3-11-23-17/h1-5,7,9-10,12-13,17,22H,6,8,11H2/b14-12-/t17-/m0/s1. The number of nitrogens with zero attached hydrogens (tertiary/aromatic N) is 1. The van der Waals surface area contributed by atoms with Gasteiger partial charge in [-0.05, 0) is 54.8 Å². The molecule has 2 aromatic rings. The Morgan fingerprint density at radius 1 is 1.35 bits per heavy atom. The molecule has 0 fully saturated rings. The molecular formula is C19H18BrNO2. The SMILES string of the molecule is Oc1ccc(Br)cc1/C=C(/CC[C@@H]1C=CCO1)c1ccccn1. The fourth-order valence-corrected chi connectivity index (χ4v) is 2.95. The molecule has 0 radical (unpaired) electrons. The minimum Gasteiger partial charge on any atom is -0.507 e. The van der Waals surface area contributed by atoms with E-state index in [0.717, 1.165) is 34.1 Å². The Labute approximate surface area is 144 Å². The zero-order valence-corrected chi connectivity index (χ0v) is 14.2. The summed E-state index contributed by atoms with van der Waals surface area (Å²) < 4.78 is 6.55. The van der Waals surface area contributed by atoms with E-state index in [9.17, 15) is 5.11 Å². The highest BCUT2D eigenvalue weighted by Gasteiger charge is 2.12. The van der Waals surface area contributed by atoms with E-state index in [2.05, 4.69) is 33.1 Å². The third kappa shape index (κ3) is 4.30. The summed E-state index contributed by atoms with van der Waals surface area (Å²) in [5.41, 5.74) is 2.79. The maximum Gasteiger partial charge on any atom is 0.122 e. The molecule has 1 aliphatic rings. The molecule has 1 aliphatic heterocycles. The van der Waals surface area contributed by atoms with Crippen molar-refractivity contribution < 1.29 is 9.84 Å². The van der Waals surface area contributed by atoms with Gasteiger partial charge in [0.25, 0.3) is 0 Å². The minimum absolute atomic E-state index is 0.165. The van der Waals surface area contributed by atoms with Gasteiger partial charge < -0.3 is 9.84 Å². The van der Waals surface area contributed by atoms with Crippen LogP contribution >= 0.6 is 15.9 Å². The average molecular weight is 372 g/mol. The Bertz CT molecular complexity index is 725. The first-order valence-electron chi connectivity index (χ1n) is 7.61. The van der Waals surface area contributed by atoms with Crippen LogP contribution in [0.3, 0.4) is 0 Å². The number of benzene rings is 1. The molecule has 0 saturated carbocycles. The van der Waals surface area contributed by atoms with E-state index in [4.69, 9.17) is 4.74 Å². The van der Waals surface area contributed by atoms with Crippen molar-refractivity contribution in [2.75, 3.05) is 6.61 Å². The van der Waals surface area contributed by atoms with Crippen molar-refractivity contribution in [1.29, 1.82) is 0 Å². The van der Waals surface area contributed by atoms with Crippen LogP contribution in [0, 0.1) is 0 Å². The largest absolute Gasteiger partial charge is 0.507 e. The van der Waals surface area contributed by atoms with Gasteiger partial charge in [0.1, 0.15) is 5.75 Å². The molecule has 0 saturated heterocycles. The molecule has 0 unspecified atom stereocenters. The number of pyridine rings is 1. The smallest absolute Gasteiger partial charge is 0.122 e. The topological polar surface area (TPSA) is 42.4 Å². The maximum absolute atomic E-state index is 10.1. The minimum atomic E-state index is 0.165. The van der Waals surface area contributed by atoms with Gasteiger partial charge in [-0.25, -0.2) is 0 Å². The van der Waals surface area contributed by atoms with Crippen molar-refractivity contribution in [2.45, 2.75) is 18.9 Å². The van der Waals surface area contributed by atoms with Crippen LogP contribution in [0.5, 0.6) is 5.75 Å². The molecule has 3 rings (SSSR count). The predicted octanol–water partition coefficient (Wildman–Crippen LogP) is 4.83. The van der Waals surface area contributed by atoms with Crippen molar-refractivity contribution in [3.63, 3.8) is 0 Å². The number of phenolic OH excluding ortho intramolecular Hbond substituents is 1. The average Bonchev–Trinajstić information content (AvgIpc) is 3.09. The number of hydrogen-bond acceptors (Lipinski definition) is 3. The van der Waals surface area contributed by atoms with Crippen molar-refractivity contribution >= 4 is 27.6 Å². The van der Waals surface area contributed by atoms with E-state index in [1.54, 1.807) is 12.3 Å². The molecule has 4 heteroatoms. The van der Waals surface area contributed by atoms with Crippen LogP contribution in [0.15, 0.2) is 59.2 Å². The second-order valence-corrected chi connectivity index (χ2v) is 6.34. The lowest BCUT2D eigenvalue weighted by atomic mass is 10.00. The lowest BCUT2D eigenvalue weighted by Gasteiger charge is -2.12. The van der Waals surface area contributed by atoms with Crippen LogP contribution < -0.4 is 0 Å². The van der Waals surface area contributed by atoms with Crippen molar-refractivity contribution in [1.82, 2.24) is 4.98 Å². The van der Waals surface area contributed by atoms with Gasteiger partial charge >= 0.3 is 0 Å². The molecule has 2 heterocycles. The van der Waals surface area contributed by atoms with E-state index in [-0.39, 0.29) is 11.9 Å². The monoisotopic (exact) mass is 371 g/mol. The lowest BCUT2D eigenvalue weighted by Crippen LogP contribution is -2.04. The van der Waals surface area contributed by atoms with Crippen LogP contribution in [0.4, 0.5) is 0 Å². The number of hydrogen-bond donors (Lipinski definition) is 1. The summed E-state index contributed by atoms with van der Waals surface area (Å²) in [6.45, 7) is 0.694. The summed E-state index contributed by atoms with van der Waals surface area (Å²) in [5.74, 6) is 0.263. The summed E-state index contributed by atoms with van der Waals surface area (Å²) in [6, 6.07) is 11.3. The Balaban J connectivity index is 1.89. The van der Waals surface area contributed by atoms with E-state index < -0.39 is 0 Å². The molecule has 3 nitrogen and oxygen atoms in total. The van der Waals surface area contributed by atoms with Gasteiger partial charge in [0.15, 0.2) is 0 Å². The van der Waals surface area contributed by atoms with Gasteiger partial charge in [0.2, 0.25) is 0 Å². The molecule has 0 aliphatic carbocycles. The van der Waals surface area contributed by atoms with E-state index >= 15 is 0 Å². The molecule has 0 amide bonds. The third-order valence-corrected chi connectivity index (χ3v) is 4.26. The summed E-state index contributed by atoms with van der Waals surface area (Å²) in [4.78, 5) is 4.45. The lowest BCUT2D eigenvalue weighted by molar-refractivity contribution is 0.123. The van der Waals surface area contributed by atoms with Gasteiger partial charge in [-0.2, -0.15) is 0 Å². The second kappa shape index (κ2) is 7.57. The Morgan fingerprint density at radius 3 is 3.00 bits per heavy atom. The highest BCUT2D eigenvalue weighted by Crippen LogP contribution is 2.29. The van der Waals surface area contributed by atoms with Gasteiger partial charge in [0, 0.05) is 16.2 Å². The summed E-state index contributed by atoms with van der Waals surface area (Å²) >= 11 is 3.45. The molecule has 1 aromatic carbocycles. The van der Waals surface area contributed by atoms with E-state index in [1.807, 2.05) is 36.4 Å². The molecular weight excluding hydrogens is 354 g/mol. The van der Waals surface area contributed by atoms with Crippen molar-refractivity contribution in [3.05, 3.63) is 70.5 Å². The zero-order chi connectivity index (χ0) is 16.1. The van der Waals surface area contributed by atoms with E-state index in [1.165, 1.54) is 0 Å². The first-order valence-corrected chi connectivity index (χ1v) is 8.40. The number of phenols is 1. The first-order chi connectivity index (χ1) is 11.2. The van der Waals surface area contributed by atoms with Crippen LogP contribution in [0.25, 0.3) is 11.6 Å². The molecule has 23 heavy (non-hydrogen) atoms. The fourth-order valence-electron chi connectivity index (χ4n) is 2.57. The van der Waals surface area contributed by atoms with Gasteiger partial charge in [-0.15, -0.1) is 0 Å². The van der Waals surface area contributed by atoms with E-state index in [0.29, 0.717) is 6.61 Å². The van der Waals surface area contributed by atoms with Crippen molar-refractivity contribution in [2.24, 2.45) is 0 Å². The summed E-state index contributed by atoms with van der Waals surface area (Å²) in [5, 5.41) is 10.1. The highest BCUT2D eigenvalue weighted by molar-refractivity contribution is 9.10. The number of rotatable bonds is 5. The van der Waals surface area contributed by atoms with Crippen molar-refractivity contribution in [3.8, 4) is 5.75 Å². The summed E-state index contributed by atoms with van der Waals surface area (Å²) in [6.07, 6.45) is 9.84. The maximum atomic E-state index is 10.1. The number of ether oxygens (including phenoxy) is 1. The first kappa shape index (κ1) is 16.0. The van der Waals surface area contributed by atoms with Gasteiger partial charge in [0.05, 0.1) is 18.4 Å². The summed E-state index contributed by atoms with van der Waals surface area (Å²) in [7, 11) is 0. The Kier molecular flexibility index (Phi) is 5.26. The normalized spacial score (nSPS) is 17.6. The van der Waals surface area contributed by atoms with Gasteiger partial charge in [-0.3, -0.25) is 4.98 Å². The highest BCUT2D eigenvalue weighted by atomic mass is 79.9. The molecule has 1 aromatic heterocycles. The van der Waals surface area contributed by atoms with Gasteiger partial charge in [-0.1, -0.05) is 34.1 Å². The fraction of sp³-hybridized carbons (Fsp3) is 0.211. The molecule has 1 N–H and O–H groups in total. The number of aromatic hydroxyl groups is 1. The molecule has 0 bridgehead atoms. The van der Waals surface area contributed by atoms with Crippen LogP contribution in [0.2, 0.25) is 0 Å². The zero-order valence-electron chi connectivity index (χ0n) is 12.7. The Morgan fingerprint density at radius 2 is 2.26 bits per heavy atom. The molecule has 0 spiro atoms. The second-order valence-electron chi connectivity index (χ2n) is 5.43.